The first-order valence-corrected chi connectivity index (χ1v) is 4.02. The number of halogens is 2. The summed E-state index contributed by atoms with van der Waals surface area (Å²) in [6.07, 6.45) is 14.2. The van der Waals surface area contributed by atoms with Gasteiger partial charge < -0.3 is 24.8 Å². The van der Waals surface area contributed by atoms with Crippen molar-refractivity contribution in [1.29, 1.82) is 0 Å². The van der Waals surface area contributed by atoms with Crippen LogP contribution < -0.4 is 24.8 Å². The second-order valence-corrected chi connectivity index (χ2v) is 2.95. The summed E-state index contributed by atoms with van der Waals surface area (Å²) in [6.45, 7) is 2.14. The third kappa shape index (κ3) is 3.53. The van der Waals surface area contributed by atoms with E-state index in [0.717, 1.165) is 12.8 Å². The van der Waals surface area contributed by atoms with Crippen LogP contribution in [0.4, 0.5) is 0 Å². The van der Waals surface area contributed by atoms with E-state index in [1.54, 1.807) is 0 Å². The predicted octanol–water partition coefficient (Wildman–Crippen LogP) is -3.04. The quantitative estimate of drug-likeness (QED) is 0.452. The Hall–Kier alpha value is 0.423. The molecule has 0 nitrogen and oxygen atoms in total. The average molecular weight is 305 g/mol. The van der Waals surface area contributed by atoms with Crippen LogP contribution in [0.25, 0.3) is 0 Å². The van der Waals surface area contributed by atoms with E-state index in [9.17, 15) is 0 Å². The van der Waals surface area contributed by atoms with E-state index < -0.39 is 0 Å². The first-order chi connectivity index (χ1) is 5.38. The molecule has 2 aliphatic rings. The zero-order valence-electron chi connectivity index (χ0n) is 7.98. The zero-order chi connectivity index (χ0) is 7.68. The van der Waals surface area contributed by atoms with Gasteiger partial charge in [-0.2, -0.15) is 11.6 Å². The van der Waals surface area contributed by atoms with Crippen molar-refractivity contribution in [3.8, 4) is 0 Å². The van der Waals surface area contributed by atoms with Crippen molar-refractivity contribution in [2.45, 2.75) is 19.8 Å². The molecule has 0 amide bonds. The van der Waals surface area contributed by atoms with Crippen molar-refractivity contribution in [3.05, 3.63) is 47.1 Å². The van der Waals surface area contributed by atoms with E-state index in [2.05, 4.69) is 37.3 Å². The van der Waals surface area contributed by atoms with Gasteiger partial charge in [-0.15, -0.1) is 12.0 Å². The van der Waals surface area contributed by atoms with Crippen LogP contribution in [0.5, 0.6) is 0 Å². The molecule has 73 valence electrons. The van der Waals surface area contributed by atoms with Gasteiger partial charge in [0, 0.05) is 0 Å². The number of rotatable bonds is 1. The fourth-order valence-electron chi connectivity index (χ4n) is 1.57. The predicted molar refractivity (Wildman–Crippen MR) is 47.0 cm³/mol. The topological polar surface area (TPSA) is 0 Å². The van der Waals surface area contributed by atoms with E-state index in [4.69, 9.17) is 0 Å². The van der Waals surface area contributed by atoms with Gasteiger partial charge in [-0.1, -0.05) is 25.2 Å². The second kappa shape index (κ2) is 7.68. The normalized spacial score (nSPS) is 17.1. The summed E-state index contributed by atoms with van der Waals surface area (Å²) < 4.78 is 0. The van der Waals surface area contributed by atoms with Gasteiger partial charge >= 0.3 is 26.2 Å². The van der Waals surface area contributed by atoms with E-state index in [-0.39, 0.29) is 51.0 Å². The molecule has 1 radical (unpaired) electrons. The Morgan fingerprint density at radius 3 is 2.43 bits per heavy atom. The summed E-state index contributed by atoms with van der Waals surface area (Å²) in [7, 11) is 0. The van der Waals surface area contributed by atoms with Crippen molar-refractivity contribution in [3.63, 3.8) is 0 Å². The van der Waals surface area contributed by atoms with Crippen LogP contribution in [-0.4, -0.2) is 0 Å². The van der Waals surface area contributed by atoms with Crippen molar-refractivity contribution in [2.75, 3.05) is 0 Å². The first kappa shape index (κ1) is 16.8. The number of hydrogen-bond acceptors (Lipinski definition) is 0. The SMILES string of the molecule is CC1=[C-]CC=C1C1=CC=CC1.[Cl-].[Cl-].[Zr+3]. The Bertz CT molecular complexity index is 298. The summed E-state index contributed by atoms with van der Waals surface area (Å²) in [5.41, 5.74) is 4.18. The van der Waals surface area contributed by atoms with Gasteiger partial charge in [0.15, 0.2) is 0 Å². The summed E-state index contributed by atoms with van der Waals surface area (Å²) in [6, 6.07) is 0. The van der Waals surface area contributed by atoms with E-state index >= 15 is 0 Å². The molecular weight excluding hydrogens is 294 g/mol. The summed E-state index contributed by atoms with van der Waals surface area (Å²) >= 11 is 0. The van der Waals surface area contributed by atoms with E-state index in [1.165, 1.54) is 16.7 Å². The molecular formula is C11H11Cl2Zr. The smallest absolute Gasteiger partial charge is 1.00 e. The summed E-state index contributed by atoms with van der Waals surface area (Å²) in [5, 5.41) is 0. The Morgan fingerprint density at radius 1 is 1.29 bits per heavy atom. The summed E-state index contributed by atoms with van der Waals surface area (Å²) in [4.78, 5) is 0. The Morgan fingerprint density at radius 2 is 2.00 bits per heavy atom. The monoisotopic (exact) mass is 303 g/mol. The first-order valence-electron chi connectivity index (χ1n) is 4.02. The van der Waals surface area contributed by atoms with Crippen LogP contribution in [0.15, 0.2) is 41.0 Å². The van der Waals surface area contributed by atoms with E-state index in [1.807, 2.05) is 0 Å². The summed E-state index contributed by atoms with van der Waals surface area (Å²) in [5.74, 6) is 0. The van der Waals surface area contributed by atoms with Crippen LogP contribution in [0, 0.1) is 6.08 Å². The largest absolute Gasteiger partial charge is 3.00 e. The molecule has 0 spiro atoms. The molecule has 0 aromatic carbocycles. The molecule has 0 saturated carbocycles. The van der Waals surface area contributed by atoms with Gasteiger partial charge in [-0.3, -0.25) is 6.08 Å². The zero-order valence-corrected chi connectivity index (χ0v) is 11.9. The van der Waals surface area contributed by atoms with Crippen molar-refractivity contribution < 1.29 is 51.0 Å². The van der Waals surface area contributed by atoms with Crippen molar-refractivity contribution in [1.82, 2.24) is 0 Å². The molecule has 0 bridgehead atoms. The third-order valence-electron chi connectivity index (χ3n) is 2.19. The maximum atomic E-state index is 3.30. The molecule has 0 N–H and O–H groups in total. The maximum absolute atomic E-state index is 3.30. The maximum Gasteiger partial charge on any atom is 3.00 e. The molecule has 0 unspecified atom stereocenters. The van der Waals surface area contributed by atoms with Gasteiger partial charge in [-0.05, 0) is 6.42 Å². The third-order valence-corrected chi connectivity index (χ3v) is 2.19. The van der Waals surface area contributed by atoms with Crippen LogP contribution in [0.1, 0.15) is 19.8 Å². The van der Waals surface area contributed by atoms with Crippen molar-refractivity contribution in [2.24, 2.45) is 0 Å². The fourth-order valence-corrected chi connectivity index (χ4v) is 1.57. The minimum absolute atomic E-state index is 0. The molecule has 0 aromatic heterocycles. The van der Waals surface area contributed by atoms with Crippen LogP contribution >= 0.6 is 0 Å². The molecule has 0 saturated heterocycles. The molecule has 0 heterocycles. The Balaban J connectivity index is 0. The molecule has 0 fully saturated rings. The molecule has 14 heavy (non-hydrogen) atoms. The minimum atomic E-state index is 0. The Labute approximate surface area is 117 Å². The molecule has 3 heteroatoms. The number of hydrogen-bond donors (Lipinski definition) is 0. The van der Waals surface area contributed by atoms with Gasteiger partial charge in [0.25, 0.3) is 0 Å². The number of allylic oxidation sites excluding steroid dienone is 8. The molecule has 0 aromatic rings. The minimum Gasteiger partial charge on any atom is -1.00 e. The Kier molecular flexibility index (Phi) is 9.24. The van der Waals surface area contributed by atoms with Crippen LogP contribution in [0.3, 0.4) is 0 Å². The molecule has 2 aliphatic carbocycles. The van der Waals surface area contributed by atoms with Gasteiger partial charge in [0.05, 0.1) is 0 Å². The van der Waals surface area contributed by atoms with Crippen LogP contribution in [-0.2, 0) is 26.2 Å². The van der Waals surface area contributed by atoms with Crippen LogP contribution in [0.2, 0.25) is 0 Å². The van der Waals surface area contributed by atoms with Gasteiger partial charge in [-0.25, -0.2) is 5.57 Å². The fraction of sp³-hybridized carbons (Fsp3) is 0.273. The van der Waals surface area contributed by atoms with E-state index in [0.29, 0.717) is 0 Å². The van der Waals surface area contributed by atoms with Crippen molar-refractivity contribution >= 4 is 0 Å². The standard InChI is InChI=1S/C11H11.2ClH.Zr/c1-9-5-4-8-11(9)10-6-2-3-7-10;;;/h2-3,6,8H,4,7H2,1H3;2*1H;/q-1;;;+3/p-2. The molecule has 0 atom stereocenters. The molecule has 2 rings (SSSR count). The average Bonchev–Trinajstić information content (AvgIpc) is 2.55. The van der Waals surface area contributed by atoms with Gasteiger partial charge in [0.1, 0.15) is 0 Å². The second-order valence-electron chi connectivity index (χ2n) is 2.95. The van der Waals surface area contributed by atoms with Gasteiger partial charge in [0.2, 0.25) is 0 Å². The molecule has 0 aliphatic heterocycles.